The Morgan fingerprint density at radius 1 is 1.19 bits per heavy atom. The number of rotatable bonds is 3. The van der Waals surface area contributed by atoms with Crippen molar-refractivity contribution in [1.82, 2.24) is 19.8 Å². The van der Waals surface area contributed by atoms with Crippen LogP contribution in [0.3, 0.4) is 0 Å². The van der Waals surface area contributed by atoms with Crippen LogP contribution in [0.4, 0.5) is 0 Å². The highest BCUT2D eigenvalue weighted by Crippen LogP contribution is 2.33. The summed E-state index contributed by atoms with van der Waals surface area (Å²) in [6.07, 6.45) is 5.79. The van der Waals surface area contributed by atoms with Gasteiger partial charge < -0.3 is 14.8 Å². The van der Waals surface area contributed by atoms with Crippen LogP contribution < -0.4 is 5.56 Å². The minimum absolute atomic E-state index is 0.0978. The largest absolute Gasteiger partial charge is 0.336 e. The van der Waals surface area contributed by atoms with E-state index in [2.05, 4.69) is 4.98 Å². The van der Waals surface area contributed by atoms with Gasteiger partial charge in [-0.05, 0) is 38.5 Å². The number of fused-ring (bicyclic) bond motifs is 1. The highest BCUT2D eigenvalue weighted by Gasteiger charge is 2.36. The molecular formula is C19H26N4O3. The van der Waals surface area contributed by atoms with E-state index in [0.29, 0.717) is 49.6 Å². The molecule has 1 aliphatic carbocycles. The standard InChI is InChI=1S/C19H26N4O3/c1-2-16(24)23-9-4-3-5-15(23)17-20-14-11-22(19(26)12-6-7-12)10-8-13(14)18(25)21-17/h12,15H,2-11H2,1H3,(H,20,21,25). The molecule has 1 aromatic heterocycles. The third-order valence-electron chi connectivity index (χ3n) is 5.77. The summed E-state index contributed by atoms with van der Waals surface area (Å²) in [5.41, 5.74) is 1.29. The first kappa shape index (κ1) is 17.2. The van der Waals surface area contributed by atoms with Gasteiger partial charge in [-0.1, -0.05) is 6.92 Å². The molecule has 1 N–H and O–H groups in total. The van der Waals surface area contributed by atoms with Crippen LogP contribution in [0, 0.1) is 5.92 Å². The number of nitrogens with one attached hydrogen (secondary N) is 1. The molecule has 4 rings (SSSR count). The van der Waals surface area contributed by atoms with Crippen LogP contribution in [-0.2, 0) is 22.6 Å². The van der Waals surface area contributed by atoms with Crippen LogP contribution in [0.5, 0.6) is 0 Å². The summed E-state index contributed by atoms with van der Waals surface area (Å²) in [4.78, 5) is 48.6. The first-order valence-electron chi connectivity index (χ1n) is 9.78. The molecule has 3 heterocycles. The number of nitrogens with zero attached hydrogens (tertiary/aromatic N) is 3. The number of amides is 2. The molecule has 3 aliphatic rings. The average Bonchev–Trinajstić information content (AvgIpc) is 3.51. The summed E-state index contributed by atoms with van der Waals surface area (Å²) in [6, 6.07) is -0.163. The summed E-state index contributed by atoms with van der Waals surface area (Å²) in [5.74, 6) is 1.05. The number of aromatic nitrogens is 2. The lowest BCUT2D eigenvalue weighted by Gasteiger charge is -2.35. The molecule has 7 heteroatoms. The first-order chi connectivity index (χ1) is 12.6. The number of likely N-dealkylation sites (tertiary alicyclic amines) is 1. The maximum Gasteiger partial charge on any atom is 0.254 e. The van der Waals surface area contributed by atoms with E-state index in [1.807, 2.05) is 16.7 Å². The average molecular weight is 358 g/mol. The molecule has 1 saturated heterocycles. The Balaban J connectivity index is 1.63. The van der Waals surface area contributed by atoms with E-state index in [4.69, 9.17) is 4.98 Å². The topological polar surface area (TPSA) is 86.4 Å². The lowest BCUT2D eigenvalue weighted by atomic mass is 9.99. The fourth-order valence-electron chi connectivity index (χ4n) is 4.11. The van der Waals surface area contributed by atoms with E-state index in [0.717, 1.165) is 32.1 Å². The van der Waals surface area contributed by atoms with Gasteiger partial charge in [-0.25, -0.2) is 4.98 Å². The van der Waals surface area contributed by atoms with Crippen molar-refractivity contribution in [3.63, 3.8) is 0 Å². The molecule has 2 amide bonds. The normalized spacial score (nSPS) is 22.9. The van der Waals surface area contributed by atoms with Crippen LogP contribution in [0.15, 0.2) is 4.79 Å². The highest BCUT2D eigenvalue weighted by molar-refractivity contribution is 5.81. The summed E-state index contributed by atoms with van der Waals surface area (Å²) < 4.78 is 0. The van der Waals surface area contributed by atoms with Gasteiger partial charge >= 0.3 is 0 Å². The zero-order valence-electron chi connectivity index (χ0n) is 15.3. The smallest absolute Gasteiger partial charge is 0.254 e. The summed E-state index contributed by atoms with van der Waals surface area (Å²) >= 11 is 0. The predicted molar refractivity (Wildman–Crippen MR) is 95.3 cm³/mol. The van der Waals surface area contributed by atoms with Crippen molar-refractivity contribution in [2.75, 3.05) is 13.1 Å². The molecule has 1 atom stereocenters. The van der Waals surface area contributed by atoms with Crippen LogP contribution in [0.1, 0.15) is 68.6 Å². The van der Waals surface area contributed by atoms with Gasteiger partial charge in [0.05, 0.1) is 18.3 Å². The number of piperidine rings is 1. The van der Waals surface area contributed by atoms with Crippen molar-refractivity contribution in [3.05, 3.63) is 27.4 Å². The van der Waals surface area contributed by atoms with Gasteiger partial charge in [-0.3, -0.25) is 14.4 Å². The van der Waals surface area contributed by atoms with E-state index in [1.165, 1.54) is 0 Å². The summed E-state index contributed by atoms with van der Waals surface area (Å²) in [5, 5.41) is 0. The van der Waals surface area contributed by atoms with Gasteiger partial charge in [0, 0.05) is 31.0 Å². The fourth-order valence-corrected chi connectivity index (χ4v) is 4.11. The van der Waals surface area contributed by atoms with Gasteiger partial charge in [0.2, 0.25) is 11.8 Å². The number of aromatic amines is 1. The summed E-state index contributed by atoms with van der Waals surface area (Å²) in [7, 11) is 0. The number of carbonyl (C=O) groups excluding carboxylic acids is 2. The Bertz CT molecular complexity index is 783. The Morgan fingerprint density at radius 3 is 2.73 bits per heavy atom. The van der Waals surface area contributed by atoms with Crippen molar-refractivity contribution in [1.29, 1.82) is 0 Å². The Labute approximate surface area is 152 Å². The van der Waals surface area contributed by atoms with Gasteiger partial charge in [0.1, 0.15) is 5.82 Å². The number of hydrogen-bond acceptors (Lipinski definition) is 4. The van der Waals surface area contributed by atoms with Crippen molar-refractivity contribution in [3.8, 4) is 0 Å². The summed E-state index contributed by atoms with van der Waals surface area (Å²) in [6.45, 7) is 3.58. The van der Waals surface area contributed by atoms with Crippen molar-refractivity contribution >= 4 is 11.8 Å². The van der Waals surface area contributed by atoms with Gasteiger partial charge in [0.15, 0.2) is 0 Å². The molecule has 0 radical (unpaired) electrons. The third-order valence-corrected chi connectivity index (χ3v) is 5.77. The minimum Gasteiger partial charge on any atom is -0.336 e. The lowest BCUT2D eigenvalue weighted by Crippen LogP contribution is -2.42. The number of hydrogen-bond donors (Lipinski definition) is 1. The number of carbonyl (C=O) groups is 2. The monoisotopic (exact) mass is 358 g/mol. The highest BCUT2D eigenvalue weighted by atomic mass is 16.2. The number of H-pyrrole nitrogens is 1. The SMILES string of the molecule is CCC(=O)N1CCCCC1c1nc2c(c(=O)[nH]1)CCN(C(=O)C1CC1)C2. The van der Waals surface area contributed by atoms with Crippen LogP contribution in [-0.4, -0.2) is 44.7 Å². The van der Waals surface area contributed by atoms with E-state index in [-0.39, 0.29) is 29.3 Å². The van der Waals surface area contributed by atoms with Crippen molar-refractivity contribution in [2.24, 2.45) is 5.92 Å². The van der Waals surface area contributed by atoms with E-state index in [1.54, 1.807) is 0 Å². The lowest BCUT2D eigenvalue weighted by molar-refractivity contribution is -0.135. The van der Waals surface area contributed by atoms with Crippen LogP contribution in [0.25, 0.3) is 0 Å². The maximum absolute atomic E-state index is 12.6. The van der Waals surface area contributed by atoms with Crippen LogP contribution in [0.2, 0.25) is 0 Å². The third kappa shape index (κ3) is 3.15. The predicted octanol–water partition coefficient (Wildman–Crippen LogP) is 1.53. The molecule has 0 aromatic carbocycles. The zero-order chi connectivity index (χ0) is 18.3. The van der Waals surface area contributed by atoms with Crippen molar-refractivity contribution < 1.29 is 9.59 Å². The second-order valence-corrected chi connectivity index (χ2v) is 7.61. The Hall–Kier alpha value is -2.18. The van der Waals surface area contributed by atoms with E-state index >= 15 is 0 Å². The maximum atomic E-state index is 12.6. The molecule has 0 spiro atoms. The quantitative estimate of drug-likeness (QED) is 0.888. The molecule has 26 heavy (non-hydrogen) atoms. The molecule has 0 bridgehead atoms. The molecule has 140 valence electrons. The second kappa shape index (κ2) is 6.85. The molecule has 1 aromatic rings. The molecule has 2 fully saturated rings. The molecule has 7 nitrogen and oxygen atoms in total. The minimum atomic E-state index is -0.163. The first-order valence-corrected chi connectivity index (χ1v) is 9.78. The molecule has 2 aliphatic heterocycles. The fraction of sp³-hybridized carbons (Fsp3) is 0.684. The van der Waals surface area contributed by atoms with E-state index in [9.17, 15) is 14.4 Å². The Morgan fingerprint density at radius 2 is 2.00 bits per heavy atom. The van der Waals surface area contributed by atoms with E-state index < -0.39 is 0 Å². The van der Waals surface area contributed by atoms with Gasteiger partial charge in [0.25, 0.3) is 5.56 Å². The second-order valence-electron chi connectivity index (χ2n) is 7.61. The molecular weight excluding hydrogens is 332 g/mol. The van der Waals surface area contributed by atoms with Gasteiger partial charge in [-0.15, -0.1) is 0 Å². The molecule has 1 unspecified atom stereocenters. The zero-order valence-corrected chi connectivity index (χ0v) is 15.3. The van der Waals surface area contributed by atoms with Crippen molar-refractivity contribution in [2.45, 2.75) is 64.5 Å². The van der Waals surface area contributed by atoms with Gasteiger partial charge in [-0.2, -0.15) is 0 Å². The van der Waals surface area contributed by atoms with Crippen LogP contribution >= 0.6 is 0 Å². The molecule has 1 saturated carbocycles. The Kier molecular flexibility index (Phi) is 4.54.